The van der Waals surface area contributed by atoms with Gasteiger partial charge in [0.15, 0.2) is 5.13 Å². The molecule has 3 aromatic rings. The zero-order chi connectivity index (χ0) is 27.1. The molecule has 0 radical (unpaired) electrons. The number of benzene rings is 2. The largest absolute Gasteiger partial charge is 0.494 e. The summed E-state index contributed by atoms with van der Waals surface area (Å²) < 4.78 is 5.68. The highest BCUT2D eigenvalue weighted by atomic mass is 32.1. The van der Waals surface area contributed by atoms with E-state index in [0.29, 0.717) is 31.0 Å². The number of imide groups is 1. The summed E-state index contributed by atoms with van der Waals surface area (Å²) in [5, 5.41) is 16.4. The molecule has 2 heterocycles. The van der Waals surface area contributed by atoms with Gasteiger partial charge < -0.3 is 10.1 Å². The summed E-state index contributed by atoms with van der Waals surface area (Å²) in [5.74, 6) is -0.518. The standard InChI is InChI=1S/C27H28N4O6S/c1-2-3-16-37-19-13-11-18(12-14-19)21-17-38-27(28-21)29-23(32)10-5-4-6-15-30-25(33)20-8-7-9-22(31(35)36)24(20)26(30)34/h7-9,11-14,17H,2-6,10,15-16H2,1H3,(H,28,29,32). The van der Waals surface area contributed by atoms with E-state index in [1.165, 1.54) is 29.5 Å². The molecule has 0 saturated heterocycles. The number of aromatic nitrogens is 1. The number of nitrogens with zero attached hydrogens (tertiary/aromatic N) is 3. The van der Waals surface area contributed by atoms with Crippen LogP contribution in [0.25, 0.3) is 11.3 Å². The lowest BCUT2D eigenvalue weighted by atomic mass is 10.1. The molecule has 38 heavy (non-hydrogen) atoms. The van der Waals surface area contributed by atoms with Crippen molar-refractivity contribution in [2.45, 2.75) is 45.4 Å². The van der Waals surface area contributed by atoms with Crippen molar-refractivity contribution in [1.29, 1.82) is 0 Å². The summed E-state index contributed by atoms with van der Waals surface area (Å²) in [4.78, 5) is 53.6. The third-order valence-corrected chi connectivity index (χ3v) is 6.88. The van der Waals surface area contributed by atoms with Gasteiger partial charge in [0.05, 0.1) is 22.8 Å². The van der Waals surface area contributed by atoms with Crippen LogP contribution in [0.3, 0.4) is 0 Å². The molecule has 1 aromatic heterocycles. The van der Waals surface area contributed by atoms with Gasteiger partial charge in [-0.25, -0.2) is 4.98 Å². The van der Waals surface area contributed by atoms with E-state index in [-0.39, 0.29) is 35.7 Å². The maximum Gasteiger partial charge on any atom is 0.282 e. The zero-order valence-electron chi connectivity index (χ0n) is 21.0. The number of nitro groups is 1. The predicted molar refractivity (Wildman–Crippen MR) is 144 cm³/mol. The number of unbranched alkanes of at least 4 members (excludes halogenated alkanes) is 3. The van der Waals surface area contributed by atoms with Crippen LogP contribution in [0.1, 0.15) is 66.2 Å². The van der Waals surface area contributed by atoms with Gasteiger partial charge in [-0.2, -0.15) is 0 Å². The number of carbonyl (C=O) groups is 3. The van der Waals surface area contributed by atoms with Gasteiger partial charge in [0.1, 0.15) is 11.3 Å². The molecular weight excluding hydrogens is 508 g/mol. The summed E-state index contributed by atoms with van der Waals surface area (Å²) in [6.07, 6.45) is 4.02. The Bertz CT molecular complexity index is 1340. The van der Waals surface area contributed by atoms with Gasteiger partial charge in [-0.1, -0.05) is 25.8 Å². The molecule has 11 heteroatoms. The fraction of sp³-hybridized carbons (Fsp3) is 0.333. The second-order valence-corrected chi connectivity index (χ2v) is 9.70. The number of hydrogen-bond donors (Lipinski definition) is 1. The third-order valence-electron chi connectivity index (χ3n) is 6.13. The van der Waals surface area contributed by atoms with Gasteiger partial charge in [-0.15, -0.1) is 11.3 Å². The normalized spacial score (nSPS) is 12.5. The summed E-state index contributed by atoms with van der Waals surface area (Å²) >= 11 is 1.35. The zero-order valence-corrected chi connectivity index (χ0v) is 21.8. The Morgan fingerprint density at radius 1 is 1.08 bits per heavy atom. The SMILES string of the molecule is CCCCOc1ccc(-c2csc(NC(=O)CCCCCN3C(=O)c4cccc([N+](=O)[O-])c4C3=O)n2)cc1. The van der Waals surface area contributed by atoms with Crippen molar-refractivity contribution in [3.8, 4) is 17.0 Å². The summed E-state index contributed by atoms with van der Waals surface area (Å²) in [7, 11) is 0. The van der Waals surface area contributed by atoms with Crippen LogP contribution in [0.15, 0.2) is 47.8 Å². The Morgan fingerprint density at radius 3 is 2.61 bits per heavy atom. The number of fused-ring (bicyclic) bond motifs is 1. The molecule has 0 bridgehead atoms. The van der Waals surface area contributed by atoms with Crippen LogP contribution in [0.2, 0.25) is 0 Å². The lowest BCUT2D eigenvalue weighted by Crippen LogP contribution is -2.30. The average Bonchev–Trinajstić information content (AvgIpc) is 3.47. The number of rotatable bonds is 13. The average molecular weight is 537 g/mol. The van der Waals surface area contributed by atoms with Gasteiger partial charge in [0.25, 0.3) is 17.5 Å². The van der Waals surface area contributed by atoms with E-state index in [4.69, 9.17) is 4.74 Å². The molecule has 3 amide bonds. The Morgan fingerprint density at radius 2 is 1.87 bits per heavy atom. The number of anilines is 1. The van der Waals surface area contributed by atoms with Crippen molar-refractivity contribution >= 4 is 39.9 Å². The van der Waals surface area contributed by atoms with Crippen molar-refractivity contribution in [1.82, 2.24) is 9.88 Å². The molecule has 4 rings (SSSR count). The highest BCUT2D eigenvalue weighted by Gasteiger charge is 2.40. The van der Waals surface area contributed by atoms with Crippen LogP contribution in [-0.2, 0) is 4.79 Å². The van der Waals surface area contributed by atoms with Crippen molar-refractivity contribution in [3.05, 3.63) is 69.1 Å². The molecule has 1 N–H and O–H groups in total. The molecule has 0 unspecified atom stereocenters. The van der Waals surface area contributed by atoms with Gasteiger partial charge in [0.2, 0.25) is 5.91 Å². The molecule has 0 aliphatic carbocycles. The van der Waals surface area contributed by atoms with E-state index in [2.05, 4.69) is 17.2 Å². The van der Waals surface area contributed by atoms with Gasteiger partial charge in [0, 0.05) is 30.0 Å². The van der Waals surface area contributed by atoms with Crippen molar-refractivity contribution in [2.75, 3.05) is 18.5 Å². The first-order valence-corrected chi connectivity index (χ1v) is 13.4. The Kier molecular flexibility index (Phi) is 8.80. The van der Waals surface area contributed by atoms with E-state index in [1.54, 1.807) is 0 Å². The topological polar surface area (TPSA) is 132 Å². The quantitative estimate of drug-likeness (QED) is 0.128. The van der Waals surface area contributed by atoms with Crippen LogP contribution in [-0.4, -0.2) is 45.7 Å². The fourth-order valence-electron chi connectivity index (χ4n) is 4.10. The number of carbonyl (C=O) groups excluding carboxylic acids is 3. The molecule has 1 aliphatic heterocycles. The van der Waals surface area contributed by atoms with Crippen LogP contribution < -0.4 is 10.1 Å². The van der Waals surface area contributed by atoms with Crippen LogP contribution in [0.5, 0.6) is 5.75 Å². The van der Waals surface area contributed by atoms with E-state index in [0.717, 1.165) is 34.7 Å². The molecule has 10 nitrogen and oxygen atoms in total. The molecule has 198 valence electrons. The highest BCUT2D eigenvalue weighted by Crippen LogP contribution is 2.31. The Labute approximate surface area is 223 Å². The fourth-order valence-corrected chi connectivity index (χ4v) is 4.84. The predicted octanol–water partition coefficient (Wildman–Crippen LogP) is 5.69. The Balaban J connectivity index is 1.20. The number of ether oxygens (including phenoxy) is 1. The maximum atomic E-state index is 12.6. The maximum absolute atomic E-state index is 12.6. The molecular formula is C27H28N4O6S. The molecule has 0 saturated carbocycles. The van der Waals surface area contributed by atoms with E-state index in [1.807, 2.05) is 29.6 Å². The van der Waals surface area contributed by atoms with Gasteiger partial charge in [-0.3, -0.25) is 29.4 Å². The van der Waals surface area contributed by atoms with E-state index >= 15 is 0 Å². The van der Waals surface area contributed by atoms with E-state index < -0.39 is 16.7 Å². The minimum Gasteiger partial charge on any atom is -0.494 e. The molecule has 0 atom stereocenters. The molecule has 0 spiro atoms. The lowest BCUT2D eigenvalue weighted by Gasteiger charge is -2.13. The number of hydrogen-bond acceptors (Lipinski definition) is 8. The minimum absolute atomic E-state index is 0.0580. The summed E-state index contributed by atoms with van der Waals surface area (Å²) in [6, 6.07) is 11.7. The van der Waals surface area contributed by atoms with Gasteiger partial charge in [-0.05, 0) is 49.6 Å². The number of nitrogens with one attached hydrogen (secondary N) is 1. The molecule has 2 aromatic carbocycles. The highest BCUT2D eigenvalue weighted by molar-refractivity contribution is 7.14. The second kappa shape index (κ2) is 12.4. The first-order chi connectivity index (χ1) is 18.4. The minimum atomic E-state index is -0.655. The van der Waals surface area contributed by atoms with Crippen LogP contribution in [0, 0.1) is 10.1 Å². The number of thiazole rings is 1. The van der Waals surface area contributed by atoms with Gasteiger partial charge >= 0.3 is 0 Å². The Hall–Kier alpha value is -4.12. The van der Waals surface area contributed by atoms with Crippen LogP contribution in [0.4, 0.5) is 10.8 Å². The van der Waals surface area contributed by atoms with Crippen molar-refractivity contribution in [3.63, 3.8) is 0 Å². The van der Waals surface area contributed by atoms with E-state index in [9.17, 15) is 24.5 Å². The third kappa shape index (κ3) is 6.23. The molecule has 1 aliphatic rings. The summed E-state index contributed by atoms with van der Waals surface area (Å²) in [6.45, 7) is 2.95. The first kappa shape index (κ1) is 26.9. The number of amides is 3. The van der Waals surface area contributed by atoms with Crippen molar-refractivity contribution < 1.29 is 24.0 Å². The first-order valence-electron chi connectivity index (χ1n) is 12.5. The number of nitro benzene ring substituents is 1. The molecule has 0 fully saturated rings. The van der Waals surface area contributed by atoms with Crippen LogP contribution >= 0.6 is 11.3 Å². The monoisotopic (exact) mass is 536 g/mol. The smallest absolute Gasteiger partial charge is 0.282 e. The lowest BCUT2D eigenvalue weighted by molar-refractivity contribution is -0.385. The second-order valence-electron chi connectivity index (χ2n) is 8.84. The van der Waals surface area contributed by atoms with Crippen molar-refractivity contribution in [2.24, 2.45) is 0 Å². The summed E-state index contributed by atoms with van der Waals surface area (Å²) in [5.41, 5.74) is 1.25.